The van der Waals surface area contributed by atoms with Gasteiger partial charge >= 0.3 is 0 Å². The summed E-state index contributed by atoms with van der Waals surface area (Å²) in [4.78, 5) is 15.2. The summed E-state index contributed by atoms with van der Waals surface area (Å²) in [7, 11) is 3.14. The molecule has 1 heterocycles. The van der Waals surface area contributed by atoms with E-state index in [1.807, 2.05) is 13.0 Å². The van der Waals surface area contributed by atoms with Crippen molar-refractivity contribution in [3.8, 4) is 28.4 Å². The molecule has 4 rings (SSSR count). The standard InChI is InChI=1S/C29H33FN2O4/c1-4-36-28-15-20(5-10-27(28)21-6-8-23(30)9-7-21)19-32-13-11-24(12-14-32)31-29(33)22-16-25(34-2)18-26(17-22)35-3/h5-10,15-18,24H,4,11-14,19H2,1-3H3,(H,31,33). The van der Waals surface area contributed by atoms with Crippen LogP contribution in [-0.2, 0) is 6.54 Å². The first-order valence-corrected chi connectivity index (χ1v) is 12.3. The highest BCUT2D eigenvalue weighted by atomic mass is 19.1. The molecule has 0 aliphatic carbocycles. The summed E-state index contributed by atoms with van der Waals surface area (Å²) in [5, 5.41) is 3.15. The van der Waals surface area contributed by atoms with Crippen molar-refractivity contribution in [3.05, 3.63) is 77.6 Å². The Morgan fingerprint density at radius 2 is 1.64 bits per heavy atom. The minimum Gasteiger partial charge on any atom is -0.497 e. The van der Waals surface area contributed by atoms with Crippen LogP contribution in [0, 0.1) is 5.82 Å². The lowest BCUT2D eigenvalue weighted by atomic mass is 10.0. The number of carbonyl (C=O) groups excluding carboxylic acids is 1. The van der Waals surface area contributed by atoms with Crippen LogP contribution >= 0.6 is 0 Å². The van der Waals surface area contributed by atoms with E-state index in [4.69, 9.17) is 14.2 Å². The molecule has 7 heteroatoms. The molecule has 0 unspecified atom stereocenters. The van der Waals surface area contributed by atoms with E-state index in [9.17, 15) is 9.18 Å². The number of rotatable bonds is 9. The van der Waals surface area contributed by atoms with Gasteiger partial charge in [-0.2, -0.15) is 0 Å². The molecule has 1 aliphatic rings. The molecule has 1 fully saturated rings. The summed E-state index contributed by atoms with van der Waals surface area (Å²) in [6.45, 7) is 5.09. The number of piperidine rings is 1. The van der Waals surface area contributed by atoms with E-state index >= 15 is 0 Å². The van der Waals surface area contributed by atoms with Crippen LogP contribution in [0.5, 0.6) is 17.2 Å². The molecule has 6 nitrogen and oxygen atoms in total. The molecular weight excluding hydrogens is 459 g/mol. The SMILES string of the molecule is CCOc1cc(CN2CCC(NC(=O)c3cc(OC)cc(OC)c3)CC2)ccc1-c1ccc(F)cc1. The van der Waals surface area contributed by atoms with Crippen LogP contribution in [0.15, 0.2) is 60.7 Å². The second kappa shape index (κ2) is 11.9. The van der Waals surface area contributed by atoms with Gasteiger partial charge < -0.3 is 19.5 Å². The predicted molar refractivity (Wildman–Crippen MR) is 138 cm³/mol. The maximum Gasteiger partial charge on any atom is 0.251 e. The van der Waals surface area contributed by atoms with E-state index in [2.05, 4.69) is 22.3 Å². The number of likely N-dealkylation sites (tertiary alicyclic amines) is 1. The minimum absolute atomic E-state index is 0.116. The highest BCUT2D eigenvalue weighted by molar-refractivity contribution is 5.95. The molecule has 1 N–H and O–H groups in total. The summed E-state index contributed by atoms with van der Waals surface area (Å²) in [6, 6.07) is 18.0. The van der Waals surface area contributed by atoms with E-state index in [1.165, 1.54) is 12.1 Å². The molecule has 0 bridgehead atoms. The van der Waals surface area contributed by atoms with E-state index in [-0.39, 0.29) is 17.8 Å². The zero-order valence-electron chi connectivity index (χ0n) is 21.1. The second-order valence-electron chi connectivity index (χ2n) is 8.90. The van der Waals surface area contributed by atoms with Gasteiger partial charge in [0.1, 0.15) is 23.1 Å². The number of hydrogen-bond donors (Lipinski definition) is 1. The molecule has 1 aliphatic heterocycles. The molecule has 0 saturated carbocycles. The van der Waals surface area contributed by atoms with Crippen LogP contribution in [-0.4, -0.2) is 50.8 Å². The highest BCUT2D eigenvalue weighted by Crippen LogP contribution is 2.32. The Balaban J connectivity index is 1.35. The monoisotopic (exact) mass is 492 g/mol. The summed E-state index contributed by atoms with van der Waals surface area (Å²) in [5.41, 5.74) is 3.57. The number of methoxy groups -OCH3 is 2. The molecule has 3 aromatic carbocycles. The summed E-state index contributed by atoms with van der Waals surface area (Å²) in [5.74, 6) is 1.61. The van der Waals surface area contributed by atoms with Crippen molar-refractivity contribution in [2.45, 2.75) is 32.4 Å². The Bertz CT molecular complexity index is 1150. The van der Waals surface area contributed by atoms with Crippen LogP contribution in [0.2, 0.25) is 0 Å². The van der Waals surface area contributed by atoms with Gasteiger partial charge in [-0.15, -0.1) is 0 Å². The van der Waals surface area contributed by atoms with Gasteiger partial charge in [0.05, 0.1) is 20.8 Å². The zero-order chi connectivity index (χ0) is 25.5. The normalized spacial score (nSPS) is 14.3. The quantitative estimate of drug-likeness (QED) is 0.439. The van der Waals surface area contributed by atoms with Gasteiger partial charge in [0.25, 0.3) is 5.91 Å². The molecule has 190 valence electrons. The predicted octanol–water partition coefficient (Wildman–Crippen LogP) is 5.30. The van der Waals surface area contributed by atoms with E-state index in [1.54, 1.807) is 44.6 Å². The smallest absolute Gasteiger partial charge is 0.251 e. The lowest BCUT2D eigenvalue weighted by Crippen LogP contribution is -2.44. The summed E-state index contributed by atoms with van der Waals surface area (Å²) in [6.07, 6.45) is 1.75. The number of nitrogens with zero attached hydrogens (tertiary/aromatic N) is 1. The second-order valence-corrected chi connectivity index (χ2v) is 8.90. The lowest BCUT2D eigenvalue weighted by molar-refractivity contribution is 0.0908. The molecule has 36 heavy (non-hydrogen) atoms. The Labute approximate surface area is 212 Å². The lowest BCUT2D eigenvalue weighted by Gasteiger charge is -2.32. The van der Waals surface area contributed by atoms with Gasteiger partial charge in [0, 0.05) is 42.9 Å². The maximum absolute atomic E-state index is 13.4. The van der Waals surface area contributed by atoms with E-state index in [0.717, 1.165) is 54.9 Å². The van der Waals surface area contributed by atoms with Crippen molar-refractivity contribution in [3.63, 3.8) is 0 Å². The van der Waals surface area contributed by atoms with E-state index < -0.39 is 0 Å². The Kier molecular flexibility index (Phi) is 8.44. The Hall–Kier alpha value is -3.58. The Morgan fingerprint density at radius 1 is 0.972 bits per heavy atom. The van der Waals surface area contributed by atoms with Gasteiger partial charge in [-0.3, -0.25) is 9.69 Å². The fourth-order valence-electron chi connectivity index (χ4n) is 4.51. The number of benzene rings is 3. The van der Waals surface area contributed by atoms with Crippen LogP contribution in [0.1, 0.15) is 35.7 Å². The van der Waals surface area contributed by atoms with Gasteiger partial charge in [0.2, 0.25) is 0 Å². The molecular formula is C29H33FN2O4. The third-order valence-electron chi connectivity index (χ3n) is 6.44. The average Bonchev–Trinajstić information content (AvgIpc) is 2.90. The van der Waals surface area contributed by atoms with Crippen molar-refractivity contribution >= 4 is 5.91 Å². The summed E-state index contributed by atoms with van der Waals surface area (Å²) < 4.78 is 29.8. The fourth-order valence-corrected chi connectivity index (χ4v) is 4.51. The van der Waals surface area contributed by atoms with Crippen LogP contribution < -0.4 is 19.5 Å². The number of halogens is 1. The molecule has 0 atom stereocenters. The van der Waals surface area contributed by atoms with Crippen molar-refractivity contribution in [1.82, 2.24) is 10.2 Å². The third kappa shape index (κ3) is 6.34. The van der Waals surface area contributed by atoms with E-state index in [0.29, 0.717) is 23.7 Å². The third-order valence-corrected chi connectivity index (χ3v) is 6.44. The first-order chi connectivity index (χ1) is 17.5. The first-order valence-electron chi connectivity index (χ1n) is 12.3. The number of nitrogens with one attached hydrogen (secondary N) is 1. The minimum atomic E-state index is -0.254. The van der Waals surface area contributed by atoms with Crippen molar-refractivity contribution < 1.29 is 23.4 Å². The fraction of sp³-hybridized carbons (Fsp3) is 0.345. The van der Waals surface area contributed by atoms with Crippen LogP contribution in [0.3, 0.4) is 0 Å². The van der Waals surface area contributed by atoms with Crippen molar-refractivity contribution in [2.24, 2.45) is 0 Å². The van der Waals surface area contributed by atoms with Crippen LogP contribution in [0.4, 0.5) is 4.39 Å². The number of ether oxygens (including phenoxy) is 3. The molecule has 1 saturated heterocycles. The highest BCUT2D eigenvalue weighted by Gasteiger charge is 2.22. The molecule has 1 amide bonds. The molecule has 3 aromatic rings. The van der Waals surface area contributed by atoms with Crippen molar-refractivity contribution in [1.29, 1.82) is 0 Å². The number of amides is 1. The van der Waals surface area contributed by atoms with Gasteiger partial charge in [-0.1, -0.05) is 24.3 Å². The first kappa shape index (κ1) is 25.5. The summed E-state index contributed by atoms with van der Waals surface area (Å²) >= 11 is 0. The van der Waals surface area contributed by atoms with Gasteiger partial charge in [0.15, 0.2) is 0 Å². The van der Waals surface area contributed by atoms with Crippen LogP contribution in [0.25, 0.3) is 11.1 Å². The van der Waals surface area contributed by atoms with Crippen molar-refractivity contribution in [2.75, 3.05) is 33.9 Å². The van der Waals surface area contributed by atoms with Gasteiger partial charge in [-0.05, 0) is 61.2 Å². The topological polar surface area (TPSA) is 60.0 Å². The number of carbonyl (C=O) groups is 1. The number of hydrogen-bond acceptors (Lipinski definition) is 5. The molecule has 0 aromatic heterocycles. The molecule has 0 radical (unpaired) electrons. The van der Waals surface area contributed by atoms with Gasteiger partial charge in [-0.25, -0.2) is 4.39 Å². The largest absolute Gasteiger partial charge is 0.497 e. The average molecular weight is 493 g/mol. The zero-order valence-corrected chi connectivity index (χ0v) is 21.1. The maximum atomic E-state index is 13.4. The molecule has 0 spiro atoms. The Morgan fingerprint density at radius 3 is 2.25 bits per heavy atom.